The lowest BCUT2D eigenvalue weighted by molar-refractivity contribution is -0.128. The van der Waals surface area contributed by atoms with Gasteiger partial charge in [0.1, 0.15) is 0 Å². The van der Waals surface area contributed by atoms with E-state index in [0.29, 0.717) is 12.3 Å². The molecule has 1 fully saturated rings. The Balaban J connectivity index is 1.52. The molecule has 2 aromatic rings. The molecule has 1 saturated heterocycles. The maximum Gasteiger partial charge on any atom is 0.222 e. The normalized spacial score (nSPS) is 21.9. The first-order valence-electron chi connectivity index (χ1n) is 8.26. The minimum Gasteiger partial charge on any atom is -0.340 e. The first kappa shape index (κ1) is 14.9. The van der Waals surface area contributed by atoms with Gasteiger partial charge in [0.2, 0.25) is 5.91 Å². The number of aromatic nitrogens is 2. The molecule has 0 radical (unpaired) electrons. The fourth-order valence-electron chi connectivity index (χ4n) is 3.64. The molecule has 2 aliphatic rings. The first-order valence-corrected chi connectivity index (χ1v) is 9.14. The monoisotopic (exact) mass is 330 g/mol. The number of amides is 1. The molecule has 1 amide bonds. The predicted molar refractivity (Wildman–Crippen MR) is 90.2 cm³/mol. The van der Waals surface area contributed by atoms with Crippen LogP contribution in [0.4, 0.5) is 0 Å². The maximum absolute atomic E-state index is 12.0. The van der Waals surface area contributed by atoms with Gasteiger partial charge in [0.15, 0.2) is 0 Å². The van der Waals surface area contributed by atoms with E-state index < -0.39 is 0 Å². The summed E-state index contributed by atoms with van der Waals surface area (Å²) in [4.78, 5) is 17.9. The van der Waals surface area contributed by atoms with Crippen LogP contribution in [0.1, 0.15) is 35.0 Å². The van der Waals surface area contributed by atoms with Crippen LogP contribution in [0.2, 0.25) is 0 Å². The lowest BCUT2D eigenvalue weighted by atomic mass is 10.1. The summed E-state index contributed by atoms with van der Waals surface area (Å²) in [6.07, 6.45) is 3.58. The van der Waals surface area contributed by atoms with Gasteiger partial charge in [0.05, 0.1) is 11.7 Å². The number of fused-ring (bicyclic) bond motifs is 1. The fraction of sp³-hybridized carbons (Fsp3) is 0.529. The largest absolute Gasteiger partial charge is 0.340 e. The third kappa shape index (κ3) is 2.93. The highest BCUT2D eigenvalue weighted by Crippen LogP contribution is 2.26. The van der Waals surface area contributed by atoms with Gasteiger partial charge < -0.3 is 4.90 Å². The molecule has 4 rings (SSSR count). The SMILES string of the molecule is Cc1ccsc1CN1Cc2ccnn2C(CN2CCCC2=O)C1. The molecular weight excluding hydrogens is 308 g/mol. The molecule has 4 heterocycles. The van der Waals surface area contributed by atoms with Crippen molar-refractivity contribution in [1.29, 1.82) is 0 Å². The van der Waals surface area contributed by atoms with Crippen molar-refractivity contribution in [2.24, 2.45) is 0 Å². The van der Waals surface area contributed by atoms with E-state index in [-0.39, 0.29) is 6.04 Å². The molecule has 1 atom stereocenters. The zero-order valence-electron chi connectivity index (χ0n) is 13.4. The number of thiophene rings is 1. The second-order valence-corrected chi connectivity index (χ2v) is 7.56. The maximum atomic E-state index is 12.0. The van der Waals surface area contributed by atoms with Crippen LogP contribution in [-0.4, -0.2) is 45.1 Å². The van der Waals surface area contributed by atoms with Gasteiger partial charge in [0, 0.05) is 50.2 Å². The molecule has 6 heteroatoms. The van der Waals surface area contributed by atoms with E-state index in [4.69, 9.17) is 0 Å². The number of rotatable bonds is 4. The number of aryl methyl sites for hydroxylation is 1. The molecule has 5 nitrogen and oxygen atoms in total. The van der Waals surface area contributed by atoms with E-state index in [1.165, 1.54) is 16.1 Å². The highest BCUT2D eigenvalue weighted by molar-refractivity contribution is 7.10. The van der Waals surface area contributed by atoms with E-state index in [0.717, 1.165) is 39.1 Å². The van der Waals surface area contributed by atoms with Crippen LogP contribution in [0.3, 0.4) is 0 Å². The van der Waals surface area contributed by atoms with E-state index in [1.54, 1.807) is 0 Å². The lowest BCUT2D eigenvalue weighted by Crippen LogP contribution is -2.43. The third-order valence-electron chi connectivity index (χ3n) is 4.89. The van der Waals surface area contributed by atoms with Gasteiger partial charge in [0.25, 0.3) is 0 Å². The molecule has 122 valence electrons. The number of hydrogen-bond acceptors (Lipinski definition) is 4. The predicted octanol–water partition coefficient (Wildman–Crippen LogP) is 2.43. The average molecular weight is 330 g/mol. The molecule has 0 aliphatic carbocycles. The Hall–Kier alpha value is -1.66. The van der Waals surface area contributed by atoms with E-state index >= 15 is 0 Å². The van der Waals surface area contributed by atoms with Gasteiger partial charge in [-0.1, -0.05) is 0 Å². The second-order valence-electron chi connectivity index (χ2n) is 6.56. The van der Waals surface area contributed by atoms with Crippen LogP contribution in [-0.2, 0) is 17.9 Å². The van der Waals surface area contributed by atoms with Crippen LogP contribution in [0.15, 0.2) is 23.7 Å². The van der Waals surface area contributed by atoms with Crippen molar-refractivity contribution in [1.82, 2.24) is 19.6 Å². The third-order valence-corrected chi connectivity index (χ3v) is 5.90. The Morgan fingerprint density at radius 1 is 1.39 bits per heavy atom. The van der Waals surface area contributed by atoms with Gasteiger partial charge in [-0.15, -0.1) is 11.3 Å². The molecule has 1 unspecified atom stereocenters. The zero-order chi connectivity index (χ0) is 15.8. The summed E-state index contributed by atoms with van der Waals surface area (Å²) in [5, 5.41) is 6.67. The van der Waals surface area contributed by atoms with Crippen molar-refractivity contribution in [3.63, 3.8) is 0 Å². The van der Waals surface area contributed by atoms with Crippen molar-refractivity contribution in [3.8, 4) is 0 Å². The molecule has 0 saturated carbocycles. The van der Waals surface area contributed by atoms with E-state index in [9.17, 15) is 4.79 Å². The number of carbonyl (C=O) groups excluding carboxylic acids is 1. The molecule has 0 aromatic carbocycles. The first-order chi connectivity index (χ1) is 11.2. The molecule has 0 bridgehead atoms. The standard InChI is InChI=1S/C17H22N4OS/c1-13-5-8-23-16(13)12-19-9-14-4-6-18-21(14)15(10-19)11-20-7-2-3-17(20)22/h4-6,8,15H,2-3,7,9-12H2,1H3. The second kappa shape index (κ2) is 6.09. The van der Waals surface area contributed by atoms with Crippen molar-refractivity contribution < 1.29 is 4.79 Å². The van der Waals surface area contributed by atoms with Crippen molar-refractivity contribution in [3.05, 3.63) is 39.8 Å². The summed E-state index contributed by atoms with van der Waals surface area (Å²) in [5.41, 5.74) is 2.63. The van der Waals surface area contributed by atoms with E-state index in [1.807, 2.05) is 22.4 Å². The Kier molecular flexibility index (Phi) is 3.95. The summed E-state index contributed by atoms with van der Waals surface area (Å²) < 4.78 is 2.13. The van der Waals surface area contributed by atoms with Crippen LogP contribution in [0, 0.1) is 6.92 Å². The summed E-state index contributed by atoms with van der Waals surface area (Å²) in [6.45, 7) is 6.74. The molecule has 2 aliphatic heterocycles. The molecule has 23 heavy (non-hydrogen) atoms. The Bertz CT molecular complexity index is 707. The quantitative estimate of drug-likeness (QED) is 0.864. The summed E-state index contributed by atoms with van der Waals surface area (Å²) >= 11 is 1.83. The number of hydrogen-bond donors (Lipinski definition) is 0. The van der Waals surface area contributed by atoms with Gasteiger partial charge >= 0.3 is 0 Å². The van der Waals surface area contributed by atoms with Gasteiger partial charge in [-0.25, -0.2) is 0 Å². The van der Waals surface area contributed by atoms with Gasteiger partial charge in [-0.05, 0) is 36.4 Å². The summed E-state index contributed by atoms with van der Waals surface area (Å²) in [5.74, 6) is 0.296. The number of likely N-dealkylation sites (tertiary alicyclic amines) is 1. The Morgan fingerprint density at radius 2 is 2.30 bits per heavy atom. The van der Waals surface area contributed by atoms with Crippen LogP contribution in [0.5, 0.6) is 0 Å². The Morgan fingerprint density at radius 3 is 3.04 bits per heavy atom. The van der Waals surface area contributed by atoms with Gasteiger partial charge in [-0.3, -0.25) is 14.4 Å². The summed E-state index contributed by atoms with van der Waals surface area (Å²) in [6, 6.07) is 4.55. The molecule has 0 N–H and O–H groups in total. The van der Waals surface area contributed by atoms with Gasteiger partial charge in [-0.2, -0.15) is 5.10 Å². The smallest absolute Gasteiger partial charge is 0.222 e. The minimum atomic E-state index is 0.260. The minimum absolute atomic E-state index is 0.260. The van der Waals surface area contributed by atoms with Crippen LogP contribution in [0.25, 0.3) is 0 Å². The van der Waals surface area contributed by atoms with Crippen molar-refractivity contribution >= 4 is 17.2 Å². The van der Waals surface area contributed by atoms with Crippen LogP contribution < -0.4 is 0 Å². The number of nitrogens with zero attached hydrogens (tertiary/aromatic N) is 4. The van der Waals surface area contributed by atoms with E-state index in [2.05, 4.69) is 39.1 Å². The lowest BCUT2D eigenvalue weighted by Gasteiger charge is -2.35. The number of carbonyl (C=O) groups is 1. The fourth-order valence-corrected chi connectivity index (χ4v) is 4.59. The molecule has 0 spiro atoms. The molecular formula is C17H22N4OS. The highest BCUT2D eigenvalue weighted by Gasteiger charge is 2.30. The van der Waals surface area contributed by atoms with Crippen molar-refractivity contribution in [2.45, 2.75) is 38.9 Å². The summed E-state index contributed by atoms with van der Waals surface area (Å²) in [7, 11) is 0. The van der Waals surface area contributed by atoms with Crippen LogP contribution >= 0.6 is 11.3 Å². The van der Waals surface area contributed by atoms with Crippen molar-refractivity contribution in [2.75, 3.05) is 19.6 Å². The average Bonchev–Trinajstić information content (AvgIpc) is 3.24. The Labute approximate surface area is 140 Å². The zero-order valence-corrected chi connectivity index (χ0v) is 14.3. The molecule has 2 aromatic heterocycles. The topological polar surface area (TPSA) is 41.4 Å². The highest BCUT2D eigenvalue weighted by atomic mass is 32.1.